The molecule has 1 saturated heterocycles. The number of hydrogen-bond donors (Lipinski definition) is 2. The van der Waals surface area contributed by atoms with Gasteiger partial charge in [-0.05, 0) is 25.9 Å². The van der Waals surface area contributed by atoms with Crippen molar-refractivity contribution in [3.05, 3.63) is 23.5 Å². The minimum Gasteiger partial charge on any atom is -0.389 e. The Bertz CT molecular complexity index is 456. The van der Waals surface area contributed by atoms with Gasteiger partial charge >= 0.3 is 0 Å². The molecule has 86 valence electrons. The highest BCUT2D eigenvalue weighted by Crippen LogP contribution is 2.23. The molecule has 4 nitrogen and oxygen atoms in total. The van der Waals surface area contributed by atoms with Gasteiger partial charge in [0.2, 0.25) is 0 Å². The molecule has 0 aliphatic carbocycles. The van der Waals surface area contributed by atoms with E-state index in [-0.39, 0.29) is 0 Å². The number of nitrogens with one attached hydrogen (secondary N) is 1. The maximum absolute atomic E-state index is 10.4. The van der Waals surface area contributed by atoms with Gasteiger partial charge in [-0.1, -0.05) is 0 Å². The van der Waals surface area contributed by atoms with E-state index in [1.807, 2.05) is 22.2 Å². The zero-order valence-electron chi connectivity index (χ0n) is 9.02. The number of imidazole rings is 1. The quantitative estimate of drug-likeness (QED) is 0.821. The number of aliphatic hydroxyl groups is 1. The summed E-state index contributed by atoms with van der Waals surface area (Å²) >= 11 is 1.63. The van der Waals surface area contributed by atoms with E-state index in [9.17, 15) is 5.11 Å². The third-order valence-corrected chi connectivity index (χ3v) is 3.96. The monoisotopic (exact) mass is 237 g/mol. The molecular formula is C11H15N3OS. The van der Waals surface area contributed by atoms with E-state index in [2.05, 4.69) is 10.3 Å². The second kappa shape index (κ2) is 3.84. The summed E-state index contributed by atoms with van der Waals surface area (Å²) in [6.45, 7) is 1.80. The van der Waals surface area contributed by atoms with E-state index in [4.69, 9.17) is 0 Å². The molecule has 2 N–H and O–H groups in total. The number of thiazole rings is 1. The Morgan fingerprint density at radius 2 is 2.31 bits per heavy atom. The molecular weight excluding hydrogens is 222 g/mol. The predicted molar refractivity (Wildman–Crippen MR) is 63.8 cm³/mol. The predicted octanol–water partition coefficient (Wildman–Crippen LogP) is 1.05. The van der Waals surface area contributed by atoms with E-state index in [0.29, 0.717) is 6.42 Å². The molecule has 1 aliphatic heterocycles. The average Bonchev–Trinajstić information content (AvgIpc) is 2.78. The molecule has 3 heterocycles. The van der Waals surface area contributed by atoms with Crippen LogP contribution in [0.1, 0.15) is 18.5 Å². The van der Waals surface area contributed by atoms with Crippen LogP contribution in [-0.2, 0) is 6.42 Å². The van der Waals surface area contributed by atoms with Gasteiger partial charge < -0.3 is 10.4 Å². The topological polar surface area (TPSA) is 49.6 Å². The van der Waals surface area contributed by atoms with Crippen molar-refractivity contribution in [3.63, 3.8) is 0 Å². The van der Waals surface area contributed by atoms with Gasteiger partial charge in [-0.3, -0.25) is 4.40 Å². The van der Waals surface area contributed by atoms with Gasteiger partial charge in [0.05, 0.1) is 11.3 Å². The summed E-state index contributed by atoms with van der Waals surface area (Å²) in [6, 6.07) is 0. The van der Waals surface area contributed by atoms with E-state index < -0.39 is 5.60 Å². The minimum atomic E-state index is -0.560. The van der Waals surface area contributed by atoms with Gasteiger partial charge in [0.25, 0.3) is 0 Å². The highest BCUT2D eigenvalue weighted by atomic mass is 32.1. The molecule has 5 heteroatoms. The van der Waals surface area contributed by atoms with Crippen molar-refractivity contribution < 1.29 is 5.11 Å². The lowest BCUT2D eigenvalue weighted by Gasteiger charge is -2.31. The lowest BCUT2D eigenvalue weighted by molar-refractivity contribution is 0.0101. The molecule has 0 bridgehead atoms. The third kappa shape index (κ3) is 1.86. The van der Waals surface area contributed by atoms with Gasteiger partial charge in [0.15, 0.2) is 4.96 Å². The second-order valence-corrected chi connectivity index (χ2v) is 5.35. The van der Waals surface area contributed by atoms with Crippen LogP contribution >= 0.6 is 11.3 Å². The van der Waals surface area contributed by atoms with E-state index in [1.165, 1.54) is 0 Å². The lowest BCUT2D eigenvalue weighted by atomic mass is 9.88. The van der Waals surface area contributed by atoms with Crippen LogP contribution in [0.2, 0.25) is 0 Å². The summed E-state index contributed by atoms with van der Waals surface area (Å²) in [4.78, 5) is 5.52. The Morgan fingerprint density at radius 3 is 3.06 bits per heavy atom. The Labute approximate surface area is 97.9 Å². The van der Waals surface area contributed by atoms with Crippen LogP contribution in [0.4, 0.5) is 0 Å². The zero-order valence-corrected chi connectivity index (χ0v) is 9.83. The first-order valence-corrected chi connectivity index (χ1v) is 6.47. The normalized spacial score (nSPS) is 20.3. The summed E-state index contributed by atoms with van der Waals surface area (Å²) in [6.07, 6.45) is 6.33. The number of fused-ring (bicyclic) bond motifs is 1. The molecule has 0 amide bonds. The largest absolute Gasteiger partial charge is 0.389 e. The van der Waals surface area contributed by atoms with E-state index >= 15 is 0 Å². The number of hydrogen-bond acceptors (Lipinski definition) is 4. The summed E-state index contributed by atoms with van der Waals surface area (Å²) in [5.74, 6) is 0. The number of nitrogens with zero attached hydrogens (tertiary/aromatic N) is 2. The Morgan fingerprint density at radius 1 is 1.50 bits per heavy atom. The first kappa shape index (κ1) is 10.3. The van der Waals surface area contributed by atoms with Crippen LogP contribution in [0, 0.1) is 0 Å². The lowest BCUT2D eigenvalue weighted by Crippen LogP contribution is -2.43. The smallest absolute Gasteiger partial charge is 0.193 e. The molecule has 2 aromatic heterocycles. The highest BCUT2D eigenvalue weighted by molar-refractivity contribution is 7.15. The third-order valence-electron chi connectivity index (χ3n) is 3.19. The molecule has 1 fully saturated rings. The summed E-state index contributed by atoms with van der Waals surface area (Å²) < 4.78 is 2.02. The SMILES string of the molecule is OC1(Cc2cn3ccsc3n2)CCNCC1. The molecule has 0 unspecified atom stereocenters. The molecule has 0 radical (unpaired) electrons. The van der Waals surface area contributed by atoms with Gasteiger partial charge in [0, 0.05) is 24.2 Å². The molecule has 2 aromatic rings. The molecule has 16 heavy (non-hydrogen) atoms. The van der Waals surface area contributed by atoms with Crippen molar-refractivity contribution in [2.45, 2.75) is 24.9 Å². The zero-order chi connectivity index (χ0) is 11.0. The highest BCUT2D eigenvalue weighted by Gasteiger charge is 2.30. The van der Waals surface area contributed by atoms with Crippen LogP contribution < -0.4 is 5.32 Å². The van der Waals surface area contributed by atoms with Crippen LogP contribution in [-0.4, -0.2) is 33.2 Å². The number of piperidine rings is 1. The Balaban J connectivity index is 1.80. The van der Waals surface area contributed by atoms with Crippen LogP contribution in [0.5, 0.6) is 0 Å². The van der Waals surface area contributed by atoms with Gasteiger partial charge in [0.1, 0.15) is 0 Å². The van der Waals surface area contributed by atoms with Gasteiger partial charge in [-0.15, -0.1) is 11.3 Å². The summed E-state index contributed by atoms with van der Waals surface area (Å²) in [7, 11) is 0. The first-order valence-electron chi connectivity index (χ1n) is 5.59. The fourth-order valence-corrected chi connectivity index (χ4v) is 2.99. The number of rotatable bonds is 2. The average molecular weight is 237 g/mol. The molecule has 0 atom stereocenters. The van der Waals surface area contributed by atoms with Crippen LogP contribution in [0.15, 0.2) is 17.8 Å². The fraction of sp³-hybridized carbons (Fsp3) is 0.545. The maximum atomic E-state index is 10.4. The summed E-state index contributed by atoms with van der Waals surface area (Å²) in [5, 5.41) is 15.7. The maximum Gasteiger partial charge on any atom is 0.193 e. The van der Waals surface area contributed by atoms with Gasteiger partial charge in [-0.25, -0.2) is 4.98 Å². The molecule has 1 aliphatic rings. The van der Waals surface area contributed by atoms with E-state index in [1.54, 1.807) is 11.3 Å². The second-order valence-electron chi connectivity index (χ2n) is 4.48. The van der Waals surface area contributed by atoms with Crippen molar-refractivity contribution in [1.29, 1.82) is 0 Å². The fourth-order valence-electron chi connectivity index (χ4n) is 2.27. The molecule has 0 aromatic carbocycles. The molecule has 0 spiro atoms. The minimum absolute atomic E-state index is 0.560. The number of aromatic nitrogens is 2. The van der Waals surface area contributed by atoms with E-state index in [0.717, 1.165) is 36.6 Å². The first-order chi connectivity index (χ1) is 7.75. The Kier molecular flexibility index (Phi) is 2.46. The van der Waals surface area contributed by atoms with Crippen molar-refractivity contribution >= 4 is 16.3 Å². The van der Waals surface area contributed by atoms with Gasteiger partial charge in [-0.2, -0.15) is 0 Å². The molecule has 0 saturated carbocycles. The van der Waals surface area contributed by atoms with Crippen molar-refractivity contribution in [1.82, 2.24) is 14.7 Å². The standard InChI is InChI=1S/C11H15N3OS/c15-11(1-3-12-4-2-11)7-9-8-14-5-6-16-10(14)13-9/h5-6,8,12,15H,1-4,7H2. The van der Waals surface area contributed by atoms with Crippen molar-refractivity contribution in [2.24, 2.45) is 0 Å². The molecule has 3 rings (SSSR count). The van der Waals surface area contributed by atoms with Crippen molar-refractivity contribution in [3.8, 4) is 0 Å². The summed E-state index contributed by atoms with van der Waals surface area (Å²) in [5.41, 5.74) is 0.436. The van der Waals surface area contributed by atoms with Crippen LogP contribution in [0.25, 0.3) is 4.96 Å². The van der Waals surface area contributed by atoms with Crippen molar-refractivity contribution in [2.75, 3.05) is 13.1 Å². The Hall–Kier alpha value is -0.910. The van der Waals surface area contributed by atoms with Crippen LogP contribution in [0.3, 0.4) is 0 Å².